The molecular formula is C22H30N4O4. The quantitative estimate of drug-likeness (QED) is 0.754. The van der Waals surface area contributed by atoms with Gasteiger partial charge >= 0.3 is 6.03 Å². The van der Waals surface area contributed by atoms with Crippen molar-refractivity contribution in [3.8, 4) is 5.75 Å². The molecule has 8 heteroatoms. The molecule has 1 saturated heterocycles. The third-order valence-electron chi connectivity index (χ3n) is 5.84. The minimum absolute atomic E-state index is 0.0189. The molecule has 4 rings (SSSR count). The standard InChI is InChI=1S/C22H30N4O4/c1-28-12-10-26-19-8-11-30-15-18(19)21(24-26)20-7-4-9-25(20)22(27)23-14-16-5-3-6-17(13-16)29-2/h3,5-6,13,20H,4,7-12,14-15H2,1-2H3,(H,23,27). The van der Waals surface area contributed by atoms with E-state index in [1.54, 1.807) is 14.2 Å². The van der Waals surface area contributed by atoms with Crippen LogP contribution in [0.15, 0.2) is 24.3 Å². The average Bonchev–Trinajstić information content (AvgIpc) is 3.41. The van der Waals surface area contributed by atoms with Gasteiger partial charge in [0.2, 0.25) is 0 Å². The molecule has 1 fully saturated rings. The van der Waals surface area contributed by atoms with Gasteiger partial charge in [-0.25, -0.2) is 4.79 Å². The second-order valence-corrected chi connectivity index (χ2v) is 7.69. The summed E-state index contributed by atoms with van der Waals surface area (Å²) in [6.45, 7) is 3.79. The Morgan fingerprint density at radius 3 is 3.10 bits per heavy atom. The van der Waals surface area contributed by atoms with Crippen LogP contribution in [0.2, 0.25) is 0 Å². The highest BCUT2D eigenvalue weighted by Gasteiger charge is 2.35. The Morgan fingerprint density at radius 2 is 2.27 bits per heavy atom. The first-order valence-electron chi connectivity index (χ1n) is 10.5. The highest BCUT2D eigenvalue weighted by atomic mass is 16.5. The van der Waals surface area contributed by atoms with Crippen molar-refractivity contribution in [2.24, 2.45) is 0 Å². The lowest BCUT2D eigenvalue weighted by Gasteiger charge is -2.25. The average molecular weight is 415 g/mol. The molecule has 0 radical (unpaired) electrons. The van der Waals surface area contributed by atoms with E-state index in [1.807, 2.05) is 33.8 Å². The van der Waals surface area contributed by atoms with Gasteiger partial charge in [-0.2, -0.15) is 5.10 Å². The van der Waals surface area contributed by atoms with Gasteiger partial charge in [0.25, 0.3) is 0 Å². The maximum absolute atomic E-state index is 13.0. The molecule has 1 aromatic carbocycles. The van der Waals surface area contributed by atoms with Crippen LogP contribution in [0.1, 0.15) is 41.4 Å². The minimum atomic E-state index is -0.0581. The number of fused-ring (bicyclic) bond motifs is 1. The van der Waals surface area contributed by atoms with Crippen molar-refractivity contribution in [1.29, 1.82) is 0 Å². The Bertz CT molecular complexity index is 882. The molecule has 2 aliphatic rings. The first kappa shape index (κ1) is 20.7. The molecule has 2 amide bonds. The van der Waals surface area contributed by atoms with E-state index in [4.69, 9.17) is 19.3 Å². The van der Waals surface area contributed by atoms with E-state index in [0.717, 1.165) is 48.4 Å². The molecule has 30 heavy (non-hydrogen) atoms. The highest BCUT2D eigenvalue weighted by molar-refractivity contribution is 5.75. The van der Waals surface area contributed by atoms with Gasteiger partial charge in [-0.3, -0.25) is 4.68 Å². The summed E-state index contributed by atoms with van der Waals surface area (Å²) in [4.78, 5) is 14.9. The number of aromatic nitrogens is 2. The van der Waals surface area contributed by atoms with Crippen LogP contribution in [0.4, 0.5) is 4.79 Å². The summed E-state index contributed by atoms with van der Waals surface area (Å²) >= 11 is 0. The van der Waals surface area contributed by atoms with Crippen molar-refractivity contribution in [3.63, 3.8) is 0 Å². The largest absolute Gasteiger partial charge is 0.497 e. The van der Waals surface area contributed by atoms with Gasteiger partial charge in [-0.05, 0) is 30.5 Å². The van der Waals surface area contributed by atoms with Crippen molar-refractivity contribution in [3.05, 3.63) is 46.8 Å². The van der Waals surface area contributed by atoms with Crippen molar-refractivity contribution in [2.75, 3.05) is 34.0 Å². The van der Waals surface area contributed by atoms with Crippen molar-refractivity contribution >= 4 is 6.03 Å². The number of methoxy groups -OCH3 is 2. The molecule has 0 aliphatic carbocycles. The number of likely N-dealkylation sites (tertiary alicyclic amines) is 1. The van der Waals surface area contributed by atoms with Crippen LogP contribution in [-0.2, 0) is 35.6 Å². The molecule has 2 aromatic rings. The number of carbonyl (C=O) groups excluding carboxylic acids is 1. The number of nitrogens with one attached hydrogen (secondary N) is 1. The van der Waals surface area contributed by atoms with Gasteiger partial charge < -0.3 is 24.4 Å². The summed E-state index contributed by atoms with van der Waals surface area (Å²) in [6, 6.07) is 7.67. The first-order valence-corrected chi connectivity index (χ1v) is 10.5. The van der Waals surface area contributed by atoms with E-state index in [0.29, 0.717) is 32.9 Å². The fourth-order valence-corrected chi connectivity index (χ4v) is 4.32. The molecule has 0 saturated carbocycles. The monoisotopic (exact) mass is 414 g/mol. The lowest BCUT2D eigenvalue weighted by molar-refractivity contribution is 0.106. The Balaban J connectivity index is 1.49. The number of benzene rings is 1. The van der Waals surface area contributed by atoms with Gasteiger partial charge in [0, 0.05) is 37.9 Å². The SMILES string of the molecule is COCCn1nc(C2CCCN2C(=O)NCc2cccc(OC)c2)c2c1CCOC2. The van der Waals surface area contributed by atoms with E-state index in [2.05, 4.69) is 5.32 Å². The summed E-state index contributed by atoms with van der Waals surface area (Å²) in [5.74, 6) is 0.786. The van der Waals surface area contributed by atoms with Crippen molar-refractivity contribution in [2.45, 2.75) is 45.0 Å². The van der Waals surface area contributed by atoms with Gasteiger partial charge in [0.1, 0.15) is 5.75 Å². The molecule has 1 atom stereocenters. The van der Waals surface area contributed by atoms with Crippen LogP contribution >= 0.6 is 0 Å². The predicted molar refractivity (Wildman–Crippen MR) is 111 cm³/mol. The molecule has 162 valence electrons. The number of urea groups is 1. The maximum atomic E-state index is 13.0. The van der Waals surface area contributed by atoms with Gasteiger partial charge in [0.15, 0.2) is 0 Å². The van der Waals surface area contributed by atoms with Crippen LogP contribution in [0.3, 0.4) is 0 Å². The van der Waals surface area contributed by atoms with E-state index in [9.17, 15) is 4.79 Å². The molecule has 0 spiro atoms. The zero-order chi connectivity index (χ0) is 20.9. The Kier molecular flexibility index (Phi) is 6.54. The van der Waals surface area contributed by atoms with E-state index in [1.165, 1.54) is 5.69 Å². The number of hydrogen-bond donors (Lipinski definition) is 1. The summed E-state index contributed by atoms with van der Waals surface area (Å²) in [7, 11) is 3.34. The Hall–Kier alpha value is -2.58. The van der Waals surface area contributed by atoms with E-state index < -0.39 is 0 Å². The number of amides is 2. The molecule has 1 N–H and O–H groups in total. The predicted octanol–water partition coefficient (Wildman–Crippen LogP) is 2.66. The molecule has 2 aliphatic heterocycles. The normalized spacial score (nSPS) is 18.3. The van der Waals surface area contributed by atoms with Crippen LogP contribution < -0.4 is 10.1 Å². The van der Waals surface area contributed by atoms with Crippen molar-refractivity contribution in [1.82, 2.24) is 20.0 Å². The fourth-order valence-electron chi connectivity index (χ4n) is 4.32. The summed E-state index contributed by atoms with van der Waals surface area (Å²) < 4.78 is 18.3. The van der Waals surface area contributed by atoms with Gasteiger partial charge in [-0.15, -0.1) is 0 Å². The second-order valence-electron chi connectivity index (χ2n) is 7.69. The number of hydrogen-bond acceptors (Lipinski definition) is 5. The van der Waals surface area contributed by atoms with Crippen LogP contribution in [0.25, 0.3) is 0 Å². The van der Waals surface area contributed by atoms with Crippen LogP contribution in [0.5, 0.6) is 5.75 Å². The minimum Gasteiger partial charge on any atom is -0.497 e. The molecule has 1 aromatic heterocycles. The number of carbonyl (C=O) groups is 1. The molecular weight excluding hydrogens is 384 g/mol. The number of nitrogens with zero attached hydrogens (tertiary/aromatic N) is 3. The Labute approximate surface area is 177 Å². The number of rotatable bonds is 7. The third kappa shape index (κ3) is 4.29. The summed E-state index contributed by atoms with van der Waals surface area (Å²) in [6.07, 6.45) is 2.74. The maximum Gasteiger partial charge on any atom is 0.318 e. The Morgan fingerprint density at radius 1 is 1.37 bits per heavy atom. The smallest absolute Gasteiger partial charge is 0.318 e. The van der Waals surface area contributed by atoms with Gasteiger partial charge in [0.05, 0.1) is 45.2 Å². The fraction of sp³-hybridized carbons (Fsp3) is 0.545. The summed E-state index contributed by atoms with van der Waals surface area (Å²) in [5.41, 5.74) is 4.36. The lowest BCUT2D eigenvalue weighted by atomic mass is 10.0. The molecule has 1 unspecified atom stereocenters. The first-order chi connectivity index (χ1) is 14.7. The molecule has 3 heterocycles. The zero-order valence-electron chi connectivity index (χ0n) is 17.7. The summed E-state index contributed by atoms with van der Waals surface area (Å²) in [5, 5.41) is 7.96. The van der Waals surface area contributed by atoms with Crippen LogP contribution in [0, 0.1) is 0 Å². The topological polar surface area (TPSA) is 77.9 Å². The third-order valence-corrected chi connectivity index (χ3v) is 5.84. The molecule has 8 nitrogen and oxygen atoms in total. The molecule has 0 bridgehead atoms. The highest BCUT2D eigenvalue weighted by Crippen LogP contribution is 2.35. The number of ether oxygens (including phenoxy) is 3. The zero-order valence-corrected chi connectivity index (χ0v) is 17.7. The second kappa shape index (κ2) is 9.49. The van der Waals surface area contributed by atoms with E-state index >= 15 is 0 Å². The van der Waals surface area contributed by atoms with Crippen LogP contribution in [-0.4, -0.2) is 54.7 Å². The lowest BCUT2D eigenvalue weighted by Crippen LogP contribution is -2.39. The van der Waals surface area contributed by atoms with Gasteiger partial charge in [-0.1, -0.05) is 12.1 Å². The van der Waals surface area contributed by atoms with Crippen molar-refractivity contribution < 1.29 is 19.0 Å². The van der Waals surface area contributed by atoms with E-state index in [-0.39, 0.29) is 12.1 Å².